The summed E-state index contributed by atoms with van der Waals surface area (Å²) in [6.45, 7) is 1.85. The van der Waals surface area contributed by atoms with Crippen LogP contribution < -0.4 is 10.6 Å². The van der Waals surface area contributed by atoms with Crippen molar-refractivity contribution in [1.82, 2.24) is 14.9 Å². The predicted octanol–water partition coefficient (Wildman–Crippen LogP) is 2.76. The van der Waals surface area contributed by atoms with Gasteiger partial charge in [-0.05, 0) is 29.8 Å². The molecule has 0 aliphatic rings. The van der Waals surface area contributed by atoms with Crippen LogP contribution in [0.5, 0.6) is 0 Å². The number of carbonyl (C=O) groups is 2. The van der Waals surface area contributed by atoms with Crippen molar-refractivity contribution < 1.29 is 9.59 Å². The van der Waals surface area contributed by atoms with E-state index in [2.05, 4.69) is 15.6 Å². The number of rotatable bonds is 5. The minimum absolute atomic E-state index is 0.116. The second kappa shape index (κ2) is 7.44. The Labute approximate surface area is 145 Å². The minimum atomic E-state index is -0.202. The highest BCUT2D eigenvalue weighted by atomic mass is 16.2. The van der Waals surface area contributed by atoms with E-state index >= 15 is 0 Å². The molecule has 1 aromatic heterocycles. The molecule has 2 aromatic carbocycles. The average Bonchev–Trinajstić information content (AvgIpc) is 3.11. The van der Waals surface area contributed by atoms with Crippen molar-refractivity contribution in [3.63, 3.8) is 0 Å². The van der Waals surface area contributed by atoms with Crippen LogP contribution in [0.2, 0.25) is 0 Å². The molecule has 0 saturated heterocycles. The van der Waals surface area contributed by atoms with Crippen LogP contribution in [0.4, 0.5) is 5.69 Å². The van der Waals surface area contributed by atoms with Crippen molar-refractivity contribution in [1.29, 1.82) is 0 Å². The summed E-state index contributed by atoms with van der Waals surface area (Å²) in [5, 5.41) is 5.59. The average molecular weight is 334 g/mol. The van der Waals surface area contributed by atoms with Gasteiger partial charge in [0.15, 0.2) is 0 Å². The Kier molecular flexibility index (Phi) is 4.89. The molecule has 0 aliphatic carbocycles. The van der Waals surface area contributed by atoms with E-state index in [0.29, 0.717) is 12.2 Å². The second-order valence-electron chi connectivity index (χ2n) is 5.55. The number of amides is 2. The molecule has 1 heterocycles. The number of hydrogen-bond acceptors (Lipinski definition) is 3. The number of para-hydroxylation sites is 1. The highest BCUT2D eigenvalue weighted by Gasteiger charge is 2.12. The summed E-state index contributed by atoms with van der Waals surface area (Å²) >= 11 is 0. The molecular formula is C19H18N4O2. The van der Waals surface area contributed by atoms with Crippen LogP contribution in [0.3, 0.4) is 0 Å². The van der Waals surface area contributed by atoms with Crippen molar-refractivity contribution in [2.75, 3.05) is 5.32 Å². The molecule has 3 rings (SSSR count). The Balaban J connectivity index is 1.66. The summed E-state index contributed by atoms with van der Waals surface area (Å²) in [6.07, 6.45) is 3.16. The first kappa shape index (κ1) is 16.4. The predicted molar refractivity (Wildman–Crippen MR) is 95.5 cm³/mol. The fourth-order valence-corrected chi connectivity index (χ4v) is 2.44. The van der Waals surface area contributed by atoms with E-state index in [1.165, 1.54) is 6.92 Å². The van der Waals surface area contributed by atoms with Crippen LogP contribution in [-0.4, -0.2) is 21.4 Å². The van der Waals surface area contributed by atoms with Gasteiger partial charge >= 0.3 is 0 Å². The molecule has 0 atom stereocenters. The van der Waals surface area contributed by atoms with Gasteiger partial charge in [-0.1, -0.05) is 30.3 Å². The lowest BCUT2D eigenvalue weighted by atomic mass is 10.2. The molecule has 126 valence electrons. The van der Waals surface area contributed by atoms with Gasteiger partial charge in [0.25, 0.3) is 5.91 Å². The zero-order valence-electron chi connectivity index (χ0n) is 13.8. The highest BCUT2D eigenvalue weighted by molar-refractivity contribution is 5.93. The van der Waals surface area contributed by atoms with E-state index in [9.17, 15) is 9.59 Å². The highest BCUT2D eigenvalue weighted by Crippen LogP contribution is 2.12. The summed E-state index contributed by atoms with van der Waals surface area (Å²) in [4.78, 5) is 27.5. The van der Waals surface area contributed by atoms with Gasteiger partial charge in [0, 0.05) is 24.8 Å². The van der Waals surface area contributed by atoms with Crippen molar-refractivity contribution >= 4 is 17.5 Å². The minimum Gasteiger partial charge on any atom is -0.347 e. The molecule has 0 unspecified atom stereocenters. The van der Waals surface area contributed by atoms with Gasteiger partial charge in [-0.3, -0.25) is 14.2 Å². The maximum atomic E-state index is 12.5. The number of anilines is 1. The molecule has 0 radical (unpaired) electrons. The SMILES string of the molecule is CC(=O)Nc1ccc(CNC(=O)c2cncn2-c2ccccc2)cc1. The maximum Gasteiger partial charge on any atom is 0.270 e. The Hall–Kier alpha value is -3.41. The van der Waals surface area contributed by atoms with E-state index in [0.717, 1.165) is 16.9 Å². The van der Waals surface area contributed by atoms with Gasteiger partial charge in [0.2, 0.25) is 5.91 Å². The van der Waals surface area contributed by atoms with E-state index in [4.69, 9.17) is 0 Å². The normalized spacial score (nSPS) is 10.3. The first-order valence-corrected chi connectivity index (χ1v) is 7.86. The molecule has 3 aromatic rings. The third-order valence-corrected chi connectivity index (χ3v) is 3.63. The van der Waals surface area contributed by atoms with Crippen LogP contribution in [0.1, 0.15) is 23.0 Å². The summed E-state index contributed by atoms with van der Waals surface area (Å²) < 4.78 is 1.75. The van der Waals surface area contributed by atoms with Crippen LogP contribution in [0.25, 0.3) is 5.69 Å². The molecule has 0 fully saturated rings. The lowest BCUT2D eigenvalue weighted by molar-refractivity contribution is -0.114. The molecular weight excluding hydrogens is 316 g/mol. The fraction of sp³-hybridized carbons (Fsp3) is 0.105. The van der Waals surface area contributed by atoms with Crippen molar-refractivity contribution in [2.24, 2.45) is 0 Å². The summed E-state index contributed by atoms with van der Waals surface area (Å²) in [7, 11) is 0. The van der Waals surface area contributed by atoms with Crippen molar-refractivity contribution in [2.45, 2.75) is 13.5 Å². The van der Waals surface area contributed by atoms with Gasteiger partial charge in [0.05, 0.1) is 12.5 Å². The van der Waals surface area contributed by atoms with Gasteiger partial charge < -0.3 is 10.6 Å². The number of nitrogens with zero attached hydrogens (tertiary/aromatic N) is 2. The molecule has 2 N–H and O–H groups in total. The molecule has 0 spiro atoms. The number of hydrogen-bond donors (Lipinski definition) is 2. The maximum absolute atomic E-state index is 12.5. The third-order valence-electron chi connectivity index (χ3n) is 3.63. The lowest BCUT2D eigenvalue weighted by Gasteiger charge is -2.09. The largest absolute Gasteiger partial charge is 0.347 e. The van der Waals surface area contributed by atoms with Crippen molar-refractivity contribution in [3.05, 3.63) is 78.4 Å². The molecule has 0 bridgehead atoms. The zero-order valence-corrected chi connectivity index (χ0v) is 13.8. The first-order valence-electron chi connectivity index (χ1n) is 7.86. The number of nitrogens with one attached hydrogen (secondary N) is 2. The van der Waals surface area contributed by atoms with Crippen LogP contribution in [0.15, 0.2) is 67.1 Å². The summed E-state index contributed by atoms with van der Waals surface area (Å²) in [5.74, 6) is -0.317. The number of aromatic nitrogens is 2. The molecule has 2 amide bonds. The van der Waals surface area contributed by atoms with Gasteiger partial charge in [0.1, 0.15) is 5.69 Å². The van der Waals surface area contributed by atoms with Crippen LogP contribution in [0, 0.1) is 0 Å². The summed E-state index contributed by atoms with van der Waals surface area (Å²) in [6, 6.07) is 16.9. The van der Waals surface area contributed by atoms with Crippen LogP contribution >= 0.6 is 0 Å². The number of imidazole rings is 1. The number of carbonyl (C=O) groups excluding carboxylic acids is 2. The molecule has 6 nitrogen and oxygen atoms in total. The second-order valence-corrected chi connectivity index (χ2v) is 5.55. The summed E-state index contributed by atoms with van der Waals surface area (Å²) in [5.41, 5.74) is 3.02. The van der Waals surface area contributed by atoms with E-state index in [1.54, 1.807) is 29.2 Å². The number of benzene rings is 2. The smallest absolute Gasteiger partial charge is 0.270 e. The van der Waals surface area contributed by atoms with Crippen LogP contribution in [-0.2, 0) is 11.3 Å². The van der Waals surface area contributed by atoms with E-state index in [-0.39, 0.29) is 11.8 Å². The molecule has 6 heteroatoms. The quantitative estimate of drug-likeness (QED) is 0.753. The van der Waals surface area contributed by atoms with Gasteiger partial charge in [-0.25, -0.2) is 4.98 Å². The molecule has 0 saturated carbocycles. The van der Waals surface area contributed by atoms with Gasteiger partial charge in [-0.2, -0.15) is 0 Å². The lowest BCUT2D eigenvalue weighted by Crippen LogP contribution is -2.25. The standard InChI is InChI=1S/C19H18N4O2/c1-14(24)22-16-9-7-15(8-10-16)11-21-19(25)18-12-20-13-23(18)17-5-3-2-4-6-17/h2-10,12-13H,11H2,1H3,(H,21,25)(H,22,24). The van der Waals surface area contributed by atoms with Gasteiger partial charge in [-0.15, -0.1) is 0 Å². The topological polar surface area (TPSA) is 76.0 Å². The zero-order chi connectivity index (χ0) is 17.6. The third kappa shape index (κ3) is 4.11. The molecule has 25 heavy (non-hydrogen) atoms. The molecule has 0 aliphatic heterocycles. The van der Waals surface area contributed by atoms with E-state index in [1.807, 2.05) is 42.5 Å². The monoisotopic (exact) mass is 334 g/mol. The Morgan fingerprint density at radius 3 is 2.44 bits per heavy atom. The van der Waals surface area contributed by atoms with Crippen molar-refractivity contribution in [3.8, 4) is 5.69 Å². The first-order chi connectivity index (χ1) is 12.1. The Bertz CT molecular complexity index is 870. The Morgan fingerprint density at radius 1 is 1.04 bits per heavy atom. The van der Waals surface area contributed by atoms with E-state index < -0.39 is 0 Å². The fourth-order valence-electron chi connectivity index (χ4n) is 2.44. The Morgan fingerprint density at radius 2 is 1.76 bits per heavy atom.